The van der Waals surface area contributed by atoms with Crippen molar-refractivity contribution in [3.8, 4) is 11.5 Å². The Balaban J connectivity index is 2.93. The van der Waals surface area contributed by atoms with Gasteiger partial charge in [0.2, 0.25) is 0 Å². The lowest BCUT2D eigenvalue weighted by Gasteiger charge is -2.18. The third-order valence-electron chi connectivity index (χ3n) is 2.33. The Kier molecular flexibility index (Phi) is 3.96. The molecule has 0 spiro atoms. The quantitative estimate of drug-likeness (QED) is 0.719. The third kappa shape index (κ3) is 3.35. The Morgan fingerprint density at radius 1 is 1.47 bits per heavy atom. The van der Waals surface area contributed by atoms with Crippen molar-refractivity contribution in [3.63, 3.8) is 0 Å². The highest BCUT2D eigenvalue weighted by molar-refractivity contribution is 5.77. The summed E-state index contributed by atoms with van der Waals surface area (Å²) in [6.07, 6.45) is -0.0529. The summed E-state index contributed by atoms with van der Waals surface area (Å²) in [7, 11) is 0. The van der Waals surface area contributed by atoms with Crippen LogP contribution in [0.25, 0.3) is 0 Å². The minimum atomic E-state index is -1.83. The second-order valence-electron chi connectivity index (χ2n) is 3.99. The van der Waals surface area contributed by atoms with Crippen molar-refractivity contribution < 1.29 is 24.9 Å². The molecule has 5 heteroatoms. The van der Waals surface area contributed by atoms with Crippen LogP contribution >= 0.6 is 0 Å². The third-order valence-corrected chi connectivity index (χ3v) is 2.33. The number of aromatic hydroxyl groups is 1. The van der Waals surface area contributed by atoms with E-state index in [0.717, 1.165) is 0 Å². The first-order valence-electron chi connectivity index (χ1n) is 5.27. The van der Waals surface area contributed by atoms with Crippen molar-refractivity contribution in [2.45, 2.75) is 25.9 Å². The fourth-order valence-corrected chi connectivity index (χ4v) is 1.41. The lowest BCUT2D eigenvalue weighted by atomic mass is 9.96. The molecule has 0 bridgehead atoms. The fourth-order valence-electron chi connectivity index (χ4n) is 1.41. The van der Waals surface area contributed by atoms with Crippen LogP contribution < -0.4 is 4.74 Å². The van der Waals surface area contributed by atoms with Crippen LogP contribution in [0.1, 0.15) is 19.4 Å². The number of carbonyl (C=O) groups is 1. The summed E-state index contributed by atoms with van der Waals surface area (Å²) in [4.78, 5) is 10.8. The van der Waals surface area contributed by atoms with Crippen molar-refractivity contribution in [1.82, 2.24) is 0 Å². The van der Waals surface area contributed by atoms with Gasteiger partial charge in [0.1, 0.15) is 0 Å². The zero-order valence-electron chi connectivity index (χ0n) is 9.80. The molecule has 5 nitrogen and oxygen atoms in total. The number of aliphatic carboxylic acids is 1. The molecule has 0 fully saturated rings. The van der Waals surface area contributed by atoms with Crippen molar-refractivity contribution in [1.29, 1.82) is 0 Å². The van der Waals surface area contributed by atoms with Crippen LogP contribution in [0.4, 0.5) is 0 Å². The van der Waals surface area contributed by atoms with E-state index in [2.05, 4.69) is 0 Å². The van der Waals surface area contributed by atoms with Crippen LogP contribution in [-0.4, -0.2) is 33.5 Å². The predicted molar refractivity (Wildman–Crippen MR) is 61.2 cm³/mol. The standard InChI is InChI=1S/C12H16O5/c1-3-17-10-6-8(4-5-9(10)13)7-12(2,16)11(14)15/h4-6,13,16H,3,7H2,1-2H3,(H,14,15). The first-order valence-corrected chi connectivity index (χ1v) is 5.27. The smallest absolute Gasteiger partial charge is 0.335 e. The van der Waals surface area contributed by atoms with Gasteiger partial charge in [-0.3, -0.25) is 0 Å². The summed E-state index contributed by atoms with van der Waals surface area (Å²) in [5.41, 5.74) is -1.25. The number of hydrogen-bond donors (Lipinski definition) is 3. The second-order valence-corrected chi connectivity index (χ2v) is 3.99. The van der Waals surface area contributed by atoms with E-state index in [1.54, 1.807) is 13.0 Å². The van der Waals surface area contributed by atoms with Crippen molar-refractivity contribution in [2.24, 2.45) is 0 Å². The zero-order chi connectivity index (χ0) is 13.1. The Labute approximate surface area is 99.3 Å². The van der Waals surface area contributed by atoms with E-state index in [1.807, 2.05) is 0 Å². The molecule has 0 amide bonds. The van der Waals surface area contributed by atoms with Crippen LogP contribution in [0.3, 0.4) is 0 Å². The van der Waals surface area contributed by atoms with Crippen molar-refractivity contribution >= 4 is 5.97 Å². The van der Waals surface area contributed by atoms with Gasteiger partial charge in [-0.1, -0.05) is 6.07 Å². The van der Waals surface area contributed by atoms with Gasteiger partial charge in [0.15, 0.2) is 17.1 Å². The summed E-state index contributed by atoms with van der Waals surface area (Å²) in [6.45, 7) is 3.40. The topological polar surface area (TPSA) is 87.0 Å². The van der Waals surface area contributed by atoms with Crippen LogP contribution in [0.15, 0.2) is 18.2 Å². The Morgan fingerprint density at radius 3 is 2.65 bits per heavy atom. The molecule has 1 unspecified atom stereocenters. The molecular formula is C12H16O5. The van der Waals surface area contributed by atoms with E-state index in [0.29, 0.717) is 12.2 Å². The Bertz CT molecular complexity index is 411. The molecule has 0 aliphatic rings. The maximum atomic E-state index is 10.8. The second kappa shape index (κ2) is 5.05. The highest BCUT2D eigenvalue weighted by Crippen LogP contribution is 2.28. The van der Waals surface area contributed by atoms with E-state index in [9.17, 15) is 15.0 Å². The number of benzene rings is 1. The largest absolute Gasteiger partial charge is 0.504 e. The number of rotatable bonds is 5. The van der Waals surface area contributed by atoms with E-state index in [1.165, 1.54) is 19.1 Å². The number of phenolic OH excluding ortho intramolecular Hbond substituents is 1. The molecular weight excluding hydrogens is 224 g/mol. The summed E-state index contributed by atoms with van der Waals surface area (Å²) < 4.78 is 5.17. The fraction of sp³-hybridized carbons (Fsp3) is 0.417. The summed E-state index contributed by atoms with van der Waals surface area (Å²) in [5, 5.41) is 27.9. The van der Waals surface area contributed by atoms with Gasteiger partial charge in [-0.15, -0.1) is 0 Å². The van der Waals surface area contributed by atoms with Gasteiger partial charge < -0.3 is 20.1 Å². The van der Waals surface area contributed by atoms with Gasteiger partial charge in [-0.2, -0.15) is 0 Å². The van der Waals surface area contributed by atoms with Gasteiger partial charge in [0.05, 0.1) is 6.61 Å². The predicted octanol–water partition coefficient (Wildman–Crippen LogP) is 1.17. The first kappa shape index (κ1) is 13.3. The molecule has 0 aliphatic heterocycles. The Hall–Kier alpha value is -1.75. The summed E-state index contributed by atoms with van der Waals surface area (Å²) in [5.74, 6) is -1.01. The molecule has 1 aromatic rings. The van der Waals surface area contributed by atoms with Crippen LogP contribution in [0.5, 0.6) is 11.5 Å². The van der Waals surface area contributed by atoms with Crippen molar-refractivity contribution in [3.05, 3.63) is 23.8 Å². The summed E-state index contributed by atoms with van der Waals surface area (Å²) >= 11 is 0. The number of carboxylic acids is 1. The molecule has 0 aliphatic carbocycles. The number of carboxylic acid groups (broad SMARTS) is 1. The van der Waals surface area contributed by atoms with Gasteiger partial charge in [-0.05, 0) is 31.5 Å². The first-order chi connectivity index (χ1) is 7.86. The van der Waals surface area contributed by atoms with E-state index < -0.39 is 11.6 Å². The molecule has 0 saturated heterocycles. The molecule has 0 aromatic heterocycles. The summed E-state index contributed by atoms with van der Waals surface area (Å²) in [6, 6.07) is 4.49. The normalized spacial score (nSPS) is 14.1. The van der Waals surface area contributed by atoms with E-state index >= 15 is 0 Å². The molecule has 3 N–H and O–H groups in total. The SMILES string of the molecule is CCOc1cc(CC(C)(O)C(=O)O)ccc1O. The average molecular weight is 240 g/mol. The molecule has 0 saturated carbocycles. The molecule has 1 aromatic carbocycles. The van der Waals surface area contributed by atoms with Gasteiger partial charge in [0.25, 0.3) is 0 Å². The number of hydrogen-bond acceptors (Lipinski definition) is 4. The number of ether oxygens (including phenoxy) is 1. The van der Waals surface area contributed by atoms with Crippen LogP contribution in [-0.2, 0) is 11.2 Å². The Morgan fingerprint density at radius 2 is 2.12 bits per heavy atom. The molecule has 1 atom stereocenters. The maximum absolute atomic E-state index is 10.8. The van der Waals surface area contributed by atoms with Crippen LogP contribution in [0.2, 0.25) is 0 Å². The highest BCUT2D eigenvalue weighted by atomic mass is 16.5. The minimum Gasteiger partial charge on any atom is -0.504 e. The monoisotopic (exact) mass is 240 g/mol. The minimum absolute atomic E-state index is 0.00873. The average Bonchev–Trinajstić information content (AvgIpc) is 2.23. The van der Waals surface area contributed by atoms with Gasteiger partial charge in [0, 0.05) is 6.42 Å². The van der Waals surface area contributed by atoms with E-state index in [-0.39, 0.29) is 17.9 Å². The van der Waals surface area contributed by atoms with Gasteiger partial charge in [-0.25, -0.2) is 4.79 Å². The molecule has 0 radical (unpaired) electrons. The maximum Gasteiger partial charge on any atom is 0.335 e. The number of aliphatic hydroxyl groups is 1. The molecule has 0 heterocycles. The lowest BCUT2D eigenvalue weighted by Crippen LogP contribution is -2.37. The molecule has 1 rings (SSSR count). The van der Waals surface area contributed by atoms with Gasteiger partial charge >= 0.3 is 5.97 Å². The molecule has 94 valence electrons. The number of phenols is 1. The zero-order valence-corrected chi connectivity index (χ0v) is 9.80. The molecule has 17 heavy (non-hydrogen) atoms. The van der Waals surface area contributed by atoms with Crippen molar-refractivity contribution in [2.75, 3.05) is 6.61 Å². The lowest BCUT2D eigenvalue weighted by molar-refractivity contribution is -0.156. The van der Waals surface area contributed by atoms with E-state index in [4.69, 9.17) is 9.84 Å². The highest BCUT2D eigenvalue weighted by Gasteiger charge is 2.30. The van der Waals surface area contributed by atoms with Crippen LogP contribution in [0, 0.1) is 0 Å².